The van der Waals surface area contributed by atoms with Crippen LogP contribution in [0.25, 0.3) is 0 Å². The molecule has 21 heavy (non-hydrogen) atoms. The highest BCUT2D eigenvalue weighted by molar-refractivity contribution is 6.35. The molecule has 0 aliphatic rings. The molecule has 116 valence electrons. The molecule has 0 fully saturated rings. The van der Waals surface area contributed by atoms with Gasteiger partial charge in [-0.25, -0.2) is 0 Å². The number of halogens is 3. The fourth-order valence-electron chi connectivity index (χ4n) is 1.85. The lowest BCUT2D eigenvalue weighted by Gasteiger charge is -2.24. The first-order chi connectivity index (χ1) is 9.79. The molecule has 1 aromatic carbocycles. The van der Waals surface area contributed by atoms with Gasteiger partial charge in [0.15, 0.2) is 0 Å². The van der Waals surface area contributed by atoms with Crippen molar-refractivity contribution < 1.29 is 4.79 Å². The van der Waals surface area contributed by atoms with E-state index in [0.29, 0.717) is 29.1 Å². The Kier molecular flexibility index (Phi) is 7.58. The zero-order valence-corrected chi connectivity index (χ0v) is 14.7. The molecule has 2 nitrogen and oxygen atoms in total. The number of allylic oxidation sites excluding steroid dienone is 1. The van der Waals surface area contributed by atoms with E-state index in [-0.39, 0.29) is 11.3 Å². The zero-order valence-electron chi connectivity index (χ0n) is 12.4. The second-order valence-electron chi connectivity index (χ2n) is 5.38. The fraction of sp³-hybridized carbons (Fsp3) is 0.438. The topological polar surface area (TPSA) is 20.3 Å². The minimum Gasteiger partial charge on any atom is -0.335 e. The minimum absolute atomic E-state index is 0.0674. The summed E-state index contributed by atoms with van der Waals surface area (Å²) in [5.41, 5.74) is 0.877. The van der Waals surface area contributed by atoms with Crippen LogP contribution in [0, 0.1) is 5.92 Å². The van der Waals surface area contributed by atoms with Crippen molar-refractivity contribution in [3.63, 3.8) is 0 Å². The Balaban J connectivity index is 2.89. The number of amides is 1. The highest BCUT2D eigenvalue weighted by atomic mass is 35.5. The van der Waals surface area contributed by atoms with Crippen LogP contribution >= 0.6 is 34.8 Å². The van der Waals surface area contributed by atoms with E-state index >= 15 is 0 Å². The number of alkyl halides is 1. The summed E-state index contributed by atoms with van der Waals surface area (Å²) in [6.07, 6.45) is 3.20. The van der Waals surface area contributed by atoms with Gasteiger partial charge in [-0.15, -0.1) is 11.6 Å². The first kappa shape index (κ1) is 18.3. The highest BCUT2D eigenvalue weighted by Crippen LogP contribution is 2.22. The van der Waals surface area contributed by atoms with Crippen LogP contribution < -0.4 is 0 Å². The predicted octanol–water partition coefficient (Wildman–Crippen LogP) is 5.16. The Hall–Kier alpha value is -0.700. The summed E-state index contributed by atoms with van der Waals surface area (Å²) in [5.74, 6) is 0.295. The van der Waals surface area contributed by atoms with Crippen LogP contribution in [0.4, 0.5) is 0 Å². The largest absolute Gasteiger partial charge is 0.335 e. The molecular formula is C16H20Cl3NO. The third kappa shape index (κ3) is 6.73. The molecule has 0 saturated carbocycles. The molecule has 0 saturated heterocycles. The predicted molar refractivity (Wildman–Crippen MR) is 91.2 cm³/mol. The molecule has 5 heteroatoms. The first-order valence-corrected chi connectivity index (χ1v) is 8.04. The van der Waals surface area contributed by atoms with E-state index in [1.165, 1.54) is 6.08 Å². The molecule has 1 atom stereocenters. The van der Waals surface area contributed by atoms with Crippen LogP contribution in [0.15, 0.2) is 30.4 Å². The number of nitrogens with zero attached hydrogens (tertiary/aromatic N) is 1. The van der Waals surface area contributed by atoms with Crippen molar-refractivity contribution in [2.45, 2.75) is 32.7 Å². The number of hydrogen-bond donors (Lipinski definition) is 0. The van der Waals surface area contributed by atoms with Crippen molar-refractivity contribution in [1.29, 1.82) is 0 Å². The van der Waals surface area contributed by atoms with Gasteiger partial charge in [0, 0.05) is 34.6 Å². The monoisotopic (exact) mass is 347 g/mol. The van der Waals surface area contributed by atoms with Gasteiger partial charge in [-0.05, 0) is 30.5 Å². The molecule has 0 N–H and O–H groups in total. The molecule has 1 unspecified atom stereocenters. The first-order valence-electron chi connectivity index (χ1n) is 6.84. The average Bonchev–Trinajstić information content (AvgIpc) is 2.37. The van der Waals surface area contributed by atoms with E-state index in [0.717, 1.165) is 5.56 Å². The summed E-state index contributed by atoms with van der Waals surface area (Å²) in [6, 6.07) is 5.31. The third-order valence-electron chi connectivity index (χ3n) is 2.78. The quantitative estimate of drug-likeness (QED) is 0.513. The number of carbonyl (C=O) groups is 1. The maximum atomic E-state index is 12.3. The van der Waals surface area contributed by atoms with E-state index in [1.54, 1.807) is 23.1 Å². The van der Waals surface area contributed by atoms with Gasteiger partial charge in [0.1, 0.15) is 0 Å². The maximum absolute atomic E-state index is 12.3. The molecule has 0 spiro atoms. The molecule has 0 radical (unpaired) electrons. The van der Waals surface area contributed by atoms with Crippen molar-refractivity contribution >= 4 is 40.7 Å². The van der Waals surface area contributed by atoms with Gasteiger partial charge in [-0.1, -0.05) is 49.2 Å². The second-order valence-corrected chi connectivity index (χ2v) is 6.92. The van der Waals surface area contributed by atoms with Crippen molar-refractivity contribution in [2.75, 3.05) is 6.54 Å². The molecule has 0 heterocycles. The van der Waals surface area contributed by atoms with Crippen LogP contribution in [0.5, 0.6) is 0 Å². The van der Waals surface area contributed by atoms with Crippen molar-refractivity contribution in [1.82, 2.24) is 4.90 Å². The van der Waals surface area contributed by atoms with Crippen LogP contribution in [-0.4, -0.2) is 22.7 Å². The normalized spacial score (nSPS) is 12.9. The zero-order chi connectivity index (χ0) is 16.0. The Bertz CT molecular complexity index is 512. The van der Waals surface area contributed by atoms with Gasteiger partial charge in [-0.3, -0.25) is 4.79 Å². The van der Waals surface area contributed by atoms with E-state index in [1.807, 2.05) is 13.0 Å². The highest BCUT2D eigenvalue weighted by Gasteiger charge is 2.15. The summed E-state index contributed by atoms with van der Waals surface area (Å²) in [6.45, 7) is 7.05. The number of rotatable bonds is 6. The molecule has 1 aromatic rings. The lowest BCUT2D eigenvalue weighted by Crippen LogP contribution is -2.32. The Labute approximate surface area is 141 Å². The van der Waals surface area contributed by atoms with Gasteiger partial charge in [0.25, 0.3) is 0 Å². The van der Waals surface area contributed by atoms with Gasteiger partial charge in [0.2, 0.25) is 5.91 Å². The van der Waals surface area contributed by atoms with Crippen LogP contribution in [0.1, 0.15) is 26.3 Å². The Morgan fingerprint density at radius 1 is 1.29 bits per heavy atom. The molecule has 1 amide bonds. The van der Waals surface area contributed by atoms with Crippen LogP contribution in [0.3, 0.4) is 0 Å². The summed E-state index contributed by atoms with van der Waals surface area (Å²) < 4.78 is 0. The van der Waals surface area contributed by atoms with E-state index in [2.05, 4.69) is 13.8 Å². The maximum Gasteiger partial charge on any atom is 0.246 e. The third-order valence-corrected chi connectivity index (χ3v) is 3.51. The summed E-state index contributed by atoms with van der Waals surface area (Å²) in [7, 11) is 0. The van der Waals surface area contributed by atoms with Crippen molar-refractivity contribution in [3.8, 4) is 0 Å². The fourth-order valence-corrected chi connectivity index (χ4v) is 2.39. The molecule has 0 aromatic heterocycles. The molecule has 0 aliphatic carbocycles. The molecule has 0 aliphatic heterocycles. The number of benzene rings is 1. The molecule has 1 rings (SSSR count). The van der Waals surface area contributed by atoms with Crippen LogP contribution in [0.2, 0.25) is 10.0 Å². The molecule has 0 bridgehead atoms. The minimum atomic E-state index is -0.172. The standard InChI is InChI=1S/C16H20Cl3NO/c1-11(2)9-20(16(21)7-4-12(3)17)10-13-5-6-14(18)8-15(13)19/h4-8,11-12H,9-10H2,1-3H3/b7-4+. The smallest absolute Gasteiger partial charge is 0.246 e. The van der Waals surface area contributed by atoms with Crippen LogP contribution in [-0.2, 0) is 11.3 Å². The van der Waals surface area contributed by atoms with E-state index in [4.69, 9.17) is 34.8 Å². The van der Waals surface area contributed by atoms with Gasteiger partial charge in [0.05, 0.1) is 0 Å². The lowest BCUT2D eigenvalue weighted by atomic mass is 10.1. The summed E-state index contributed by atoms with van der Waals surface area (Å²) >= 11 is 17.9. The van der Waals surface area contributed by atoms with Gasteiger partial charge < -0.3 is 4.90 Å². The van der Waals surface area contributed by atoms with Gasteiger partial charge in [-0.2, -0.15) is 0 Å². The lowest BCUT2D eigenvalue weighted by molar-refractivity contribution is -0.127. The second kappa shape index (κ2) is 8.67. The Morgan fingerprint density at radius 3 is 2.48 bits per heavy atom. The van der Waals surface area contributed by atoms with Crippen molar-refractivity contribution in [3.05, 3.63) is 46.0 Å². The van der Waals surface area contributed by atoms with E-state index < -0.39 is 0 Å². The van der Waals surface area contributed by atoms with Crippen molar-refractivity contribution in [2.24, 2.45) is 5.92 Å². The average molecular weight is 349 g/mol. The summed E-state index contributed by atoms with van der Waals surface area (Å²) in [5, 5.41) is 0.981. The summed E-state index contributed by atoms with van der Waals surface area (Å²) in [4.78, 5) is 14.0. The van der Waals surface area contributed by atoms with E-state index in [9.17, 15) is 4.79 Å². The molecular weight excluding hydrogens is 329 g/mol. The number of carbonyl (C=O) groups excluding carboxylic acids is 1. The van der Waals surface area contributed by atoms with Gasteiger partial charge >= 0.3 is 0 Å². The number of hydrogen-bond acceptors (Lipinski definition) is 1. The Morgan fingerprint density at radius 2 is 1.95 bits per heavy atom. The SMILES string of the molecule is CC(Cl)/C=C/C(=O)N(Cc1ccc(Cl)cc1Cl)CC(C)C.